The number of rotatable bonds is 3. The van der Waals surface area contributed by atoms with Gasteiger partial charge in [0.05, 0.1) is 11.7 Å². The third-order valence-corrected chi connectivity index (χ3v) is 3.89. The molecule has 120 valence electrons. The lowest BCUT2D eigenvalue weighted by molar-refractivity contribution is 0.139. The number of urea groups is 1. The van der Waals surface area contributed by atoms with Crippen LogP contribution in [0.15, 0.2) is 42.7 Å². The van der Waals surface area contributed by atoms with Crippen LogP contribution in [0, 0.1) is 0 Å². The highest BCUT2D eigenvalue weighted by molar-refractivity contribution is 5.91. The number of nitrogens with zero attached hydrogens (tertiary/aromatic N) is 1. The van der Waals surface area contributed by atoms with Crippen molar-refractivity contribution in [3.8, 4) is 5.75 Å². The molecule has 1 aliphatic heterocycles. The Labute approximate surface area is 136 Å². The van der Waals surface area contributed by atoms with Crippen LogP contribution >= 0.6 is 0 Å². The molecule has 2 N–H and O–H groups in total. The molecule has 0 spiro atoms. The first-order valence-corrected chi connectivity index (χ1v) is 7.73. The van der Waals surface area contributed by atoms with Crippen LogP contribution in [0.3, 0.4) is 0 Å². The first-order valence-electron chi connectivity index (χ1n) is 7.73. The summed E-state index contributed by atoms with van der Waals surface area (Å²) in [7, 11) is 0. The van der Waals surface area contributed by atoms with Crippen LogP contribution in [0.5, 0.6) is 5.75 Å². The molecule has 5 nitrogen and oxygen atoms in total. The number of hydrogen-bond donors (Lipinski definition) is 2. The second kappa shape index (κ2) is 5.91. The van der Waals surface area contributed by atoms with E-state index in [1.165, 1.54) is 0 Å². The van der Waals surface area contributed by atoms with Gasteiger partial charge in [-0.1, -0.05) is 12.1 Å². The molecule has 0 saturated carbocycles. The maximum Gasteiger partial charge on any atom is 0.319 e. The van der Waals surface area contributed by atoms with Crippen LogP contribution in [0.1, 0.15) is 37.9 Å². The molecule has 5 heteroatoms. The van der Waals surface area contributed by atoms with Gasteiger partial charge in [0.2, 0.25) is 0 Å². The predicted octanol–water partition coefficient (Wildman–Crippen LogP) is 3.68. The van der Waals surface area contributed by atoms with Gasteiger partial charge in [0, 0.05) is 24.4 Å². The Morgan fingerprint density at radius 1 is 1.26 bits per heavy atom. The number of ether oxygens (including phenoxy) is 1. The quantitative estimate of drug-likeness (QED) is 0.909. The highest BCUT2D eigenvalue weighted by Crippen LogP contribution is 2.40. The number of para-hydroxylation sites is 1. The number of carbonyl (C=O) groups is 1. The number of amides is 2. The van der Waals surface area contributed by atoms with E-state index in [0.29, 0.717) is 5.69 Å². The van der Waals surface area contributed by atoms with Crippen molar-refractivity contribution in [2.24, 2.45) is 0 Å². The number of carbonyl (C=O) groups excluding carboxylic acids is 1. The fourth-order valence-electron chi connectivity index (χ4n) is 2.80. The lowest BCUT2D eigenvalue weighted by Gasteiger charge is -2.19. The Bertz CT molecular complexity index is 713. The Morgan fingerprint density at radius 2 is 2.00 bits per heavy atom. The molecule has 23 heavy (non-hydrogen) atoms. The summed E-state index contributed by atoms with van der Waals surface area (Å²) in [6.07, 6.45) is 4.27. The van der Waals surface area contributed by atoms with E-state index < -0.39 is 0 Å². The van der Waals surface area contributed by atoms with Crippen LogP contribution in [0.4, 0.5) is 10.5 Å². The topological polar surface area (TPSA) is 63.2 Å². The lowest BCUT2D eigenvalue weighted by Crippen LogP contribution is -2.31. The van der Waals surface area contributed by atoms with Crippen molar-refractivity contribution in [2.45, 2.75) is 38.8 Å². The minimum atomic E-state index is -0.254. The number of hydrogen-bond acceptors (Lipinski definition) is 3. The highest BCUT2D eigenvalue weighted by Gasteiger charge is 2.32. The van der Waals surface area contributed by atoms with Crippen LogP contribution in [-0.2, 0) is 6.42 Å². The molecular weight excluding hydrogens is 290 g/mol. The predicted molar refractivity (Wildman–Crippen MR) is 89.7 cm³/mol. The molecular formula is C18H21N3O2. The molecule has 0 bridgehead atoms. The SMILES string of the molecule is CC(NC(=O)Nc1cccc2c1OC(C)(C)C2)c1ccncc1. The molecule has 2 heterocycles. The summed E-state index contributed by atoms with van der Waals surface area (Å²) in [6.45, 7) is 6.02. The fourth-order valence-corrected chi connectivity index (χ4v) is 2.80. The molecule has 1 aliphatic rings. The first-order chi connectivity index (χ1) is 10.9. The molecule has 1 atom stereocenters. The standard InChI is InChI=1S/C18H21N3O2/c1-12(13-7-9-19-10-8-13)20-17(22)21-15-6-4-5-14-11-18(2,3)23-16(14)15/h4-10,12H,11H2,1-3H3,(H2,20,21,22). The minimum Gasteiger partial charge on any atom is -0.485 e. The summed E-state index contributed by atoms with van der Waals surface area (Å²) in [4.78, 5) is 16.2. The zero-order valence-corrected chi connectivity index (χ0v) is 13.6. The van der Waals surface area contributed by atoms with E-state index in [2.05, 4.69) is 15.6 Å². The minimum absolute atomic E-state index is 0.105. The summed E-state index contributed by atoms with van der Waals surface area (Å²) in [5, 5.41) is 5.81. The van der Waals surface area contributed by atoms with Gasteiger partial charge < -0.3 is 15.4 Å². The van der Waals surface area contributed by atoms with E-state index >= 15 is 0 Å². The molecule has 1 aromatic carbocycles. The molecule has 0 fully saturated rings. The Kier molecular flexibility index (Phi) is 3.94. The van der Waals surface area contributed by atoms with E-state index in [0.717, 1.165) is 23.3 Å². The van der Waals surface area contributed by atoms with Crippen LogP contribution < -0.4 is 15.4 Å². The maximum absolute atomic E-state index is 12.3. The van der Waals surface area contributed by atoms with Gasteiger partial charge in [0.1, 0.15) is 11.4 Å². The van der Waals surface area contributed by atoms with E-state index in [-0.39, 0.29) is 17.7 Å². The Morgan fingerprint density at radius 3 is 2.74 bits per heavy atom. The van der Waals surface area contributed by atoms with Gasteiger partial charge in [-0.15, -0.1) is 0 Å². The zero-order chi connectivity index (χ0) is 16.4. The van der Waals surface area contributed by atoms with E-state index in [4.69, 9.17) is 4.74 Å². The van der Waals surface area contributed by atoms with Gasteiger partial charge in [-0.2, -0.15) is 0 Å². The van der Waals surface area contributed by atoms with Gasteiger partial charge in [0.25, 0.3) is 0 Å². The normalized spacial score (nSPS) is 16.1. The molecule has 3 rings (SSSR count). The average molecular weight is 311 g/mol. The molecule has 0 radical (unpaired) electrons. The molecule has 0 saturated heterocycles. The van der Waals surface area contributed by atoms with Crippen LogP contribution in [0.25, 0.3) is 0 Å². The molecule has 1 unspecified atom stereocenters. The van der Waals surface area contributed by atoms with Gasteiger partial charge in [-0.3, -0.25) is 4.98 Å². The van der Waals surface area contributed by atoms with Gasteiger partial charge in [0.15, 0.2) is 0 Å². The van der Waals surface area contributed by atoms with E-state index in [1.807, 2.05) is 51.1 Å². The molecule has 2 amide bonds. The molecule has 1 aromatic heterocycles. The van der Waals surface area contributed by atoms with E-state index in [9.17, 15) is 4.79 Å². The summed E-state index contributed by atoms with van der Waals surface area (Å²) in [5.41, 5.74) is 2.59. The van der Waals surface area contributed by atoms with Crippen molar-refractivity contribution < 1.29 is 9.53 Å². The van der Waals surface area contributed by atoms with E-state index in [1.54, 1.807) is 12.4 Å². The van der Waals surface area contributed by atoms with Crippen molar-refractivity contribution in [3.05, 3.63) is 53.9 Å². The number of pyridine rings is 1. The second-order valence-electron chi connectivity index (χ2n) is 6.43. The highest BCUT2D eigenvalue weighted by atomic mass is 16.5. The summed E-state index contributed by atoms with van der Waals surface area (Å²) in [6, 6.07) is 9.24. The van der Waals surface area contributed by atoms with Gasteiger partial charge >= 0.3 is 6.03 Å². The zero-order valence-electron chi connectivity index (χ0n) is 13.6. The van der Waals surface area contributed by atoms with Crippen molar-refractivity contribution in [2.75, 3.05) is 5.32 Å². The third kappa shape index (κ3) is 3.44. The van der Waals surface area contributed by atoms with Crippen molar-refractivity contribution in [1.29, 1.82) is 0 Å². The summed E-state index contributed by atoms with van der Waals surface area (Å²) in [5.74, 6) is 0.768. The monoisotopic (exact) mass is 311 g/mol. The van der Waals surface area contributed by atoms with Gasteiger partial charge in [-0.05, 0) is 44.5 Å². The van der Waals surface area contributed by atoms with Crippen molar-refractivity contribution >= 4 is 11.7 Å². The second-order valence-corrected chi connectivity index (χ2v) is 6.43. The number of fused-ring (bicyclic) bond motifs is 1. The summed E-state index contributed by atoms with van der Waals surface area (Å²) < 4.78 is 5.97. The Balaban J connectivity index is 1.69. The first kappa shape index (κ1) is 15.3. The molecule has 0 aliphatic carbocycles. The average Bonchev–Trinajstić information content (AvgIpc) is 2.83. The Hall–Kier alpha value is -2.56. The largest absolute Gasteiger partial charge is 0.485 e. The smallest absolute Gasteiger partial charge is 0.319 e. The third-order valence-electron chi connectivity index (χ3n) is 3.89. The lowest BCUT2D eigenvalue weighted by atomic mass is 10.0. The number of anilines is 1. The maximum atomic E-state index is 12.3. The number of nitrogens with one attached hydrogen (secondary N) is 2. The number of benzene rings is 1. The van der Waals surface area contributed by atoms with Crippen molar-refractivity contribution in [1.82, 2.24) is 10.3 Å². The number of aromatic nitrogens is 1. The molecule has 2 aromatic rings. The summed E-state index contributed by atoms with van der Waals surface area (Å²) >= 11 is 0. The van der Waals surface area contributed by atoms with Crippen molar-refractivity contribution in [3.63, 3.8) is 0 Å². The fraction of sp³-hybridized carbons (Fsp3) is 0.333. The van der Waals surface area contributed by atoms with Gasteiger partial charge in [-0.25, -0.2) is 4.79 Å². The van der Waals surface area contributed by atoms with Crippen LogP contribution in [0.2, 0.25) is 0 Å². The van der Waals surface area contributed by atoms with Crippen LogP contribution in [-0.4, -0.2) is 16.6 Å².